The van der Waals surface area contributed by atoms with Crippen molar-refractivity contribution in [2.24, 2.45) is 18.9 Å². The fraction of sp³-hybridized carbons (Fsp3) is 0.625. The van der Waals surface area contributed by atoms with Crippen LogP contribution in [0.1, 0.15) is 114 Å². The van der Waals surface area contributed by atoms with Crippen LogP contribution in [-0.2, 0) is 13.7 Å². The van der Waals surface area contributed by atoms with E-state index in [9.17, 15) is 4.79 Å². The van der Waals surface area contributed by atoms with E-state index >= 15 is 0 Å². The molecular formula is C32H44N6O2. The van der Waals surface area contributed by atoms with Crippen molar-refractivity contribution in [3.63, 3.8) is 0 Å². The predicted octanol–water partition coefficient (Wildman–Crippen LogP) is 7.08. The highest BCUT2D eigenvalue weighted by atomic mass is 16.5. The number of aromatic nitrogens is 6. The number of rotatable bonds is 5. The van der Waals surface area contributed by atoms with Gasteiger partial charge < -0.3 is 9.72 Å². The van der Waals surface area contributed by atoms with Crippen molar-refractivity contribution in [1.82, 2.24) is 29.1 Å². The zero-order valence-corrected chi connectivity index (χ0v) is 24.0. The van der Waals surface area contributed by atoms with Crippen molar-refractivity contribution in [2.45, 2.75) is 109 Å². The van der Waals surface area contributed by atoms with E-state index in [1.165, 1.54) is 85.3 Å². The number of nitrogens with one attached hydrogen (secondary N) is 1. The van der Waals surface area contributed by atoms with Gasteiger partial charge in [-0.25, -0.2) is 14.8 Å². The second-order valence-corrected chi connectivity index (χ2v) is 12.2. The van der Waals surface area contributed by atoms with E-state index in [2.05, 4.69) is 32.2 Å². The number of ether oxygens (including phenoxy) is 1. The number of benzene rings is 1. The van der Waals surface area contributed by atoms with E-state index in [0.717, 1.165) is 17.6 Å². The van der Waals surface area contributed by atoms with Crippen LogP contribution in [0.2, 0.25) is 0 Å². The summed E-state index contributed by atoms with van der Waals surface area (Å²) in [5.41, 5.74) is 2.79. The number of H-pyrrole nitrogens is 1. The molecule has 0 saturated heterocycles. The lowest BCUT2D eigenvalue weighted by Crippen LogP contribution is -2.25. The molecule has 0 atom stereocenters. The molecule has 3 fully saturated rings. The van der Waals surface area contributed by atoms with Crippen molar-refractivity contribution in [1.29, 1.82) is 0 Å². The van der Waals surface area contributed by atoms with Gasteiger partial charge in [0.1, 0.15) is 17.9 Å². The number of imidazole rings is 1. The van der Waals surface area contributed by atoms with Crippen LogP contribution in [0.3, 0.4) is 0 Å². The first-order valence-electron chi connectivity index (χ1n) is 15.7. The summed E-state index contributed by atoms with van der Waals surface area (Å²) in [5.74, 6) is 4.18. The maximum Gasteiger partial charge on any atom is 0.352 e. The summed E-state index contributed by atoms with van der Waals surface area (Å²) in [6, 6.07) is 8.33. The molecule has 0 unspecified atom stereocenters. The molecule has 7 rings (SSSR count). The van der Waals surface area contributed by atoms with E-state index < -0.39 is 0 Å². The molecule has 0 spiro atoms. The van der Waals surface area contributed by atoms with Crippen LogP contribution in [0.25, 0.3) is 16.8 Å². The summed E-state index contributed by atoms with van der Waals surface area (Å²) >= 11 is 0. The number of hydrogen-bond acceptors (Lipinski definition) is 5. The Morgan fingerprint density at radius 2 is 1.43 bits per heavy atom. The van der Waals surface area contributed by atoms with Gasteiger partial charge in [-0.05, 0) is 48.3 Å². The highest BCUT2D eigenvalue weighted by Gasteiger charge is 2.24. The summed E-state index contributed by atoms with van der Waals surface area (Å²) in [6.07, 6.45) is 23.5. The third-order valence-electron chi connectivity index (χ3n) is 9.57. The number of fused-ring (bicyclic) bond motifs is 3. The normalized spacial score (nSPS) is 19.5. The standard InChI is InChI=1S/C20H22N6O2.C12H22/c1-25-18-17(21-12-22-18)19-23-16(24-26(19)20(25)27)11-28-15-9-7-14(8-10-15)13-5-3-2-4-6-13;1-3-7-11(8-4-1)12-9-5-2-6-10-12/h7-10,12-13H,2-6,11H2,1H3,(H,21,22);11-12H,1-10H2. The van der Waals surface area contributed by atoms with Gasteiger partial charge in [-0.15, -0.1) is 5.10 Å². The van der Waals surface area contributed by atoms with E-state index in [0.29, 0.717) is 28.6 Å². The molecule has 0 bridgehead atoms. The first-order valence-corrected chi connectivity index (χ1v) is 15.7. The van der Waals surface area contributed by atoms with Gasteiger partial charge in [0.05, 0.1) is 6.33 Å². The molecule has 40 heavy (non-hydrogen) atoms. The van der Waals surface area contributed by atoms with Crippen LogP contribution in [0, 0.1) is 11.8 Å². The maximum absolute atomic E-state index is 12.4. The van der Waals surface area contributed by atoms with Crippen molar-refractivity contribution in [2.75, 3.05) is 0 Å². The summed E-state index contributed by atoms with van der Waals surface area (Å²) in [7, 11) is 1.66. The summed E-state index contributed by atoms with van der Waals surface area (Å²) in [5, 5.41) is 4.31. The molecule has 3 aliphatic rings. The lowest BCUT2D eigenvalue weighted by molar-refractivity contribution is 0.196. The van der Waals surface area contributed by atoms with Crippen LogP contribution in [0.4, 0.5) is 0 Å². The molecule has 214 valence electrons. The minimum absolute atomic E-state index is 0.198. The van der Waals surface area contributed by atoms with E-state index in [1.807, 2.05) is 12.1 Å². The Balaban J connectivity index is 0.000000201. The Hall–Kier alpha value is -3.16. The molecule has 8 nitrogen and oxygen atoms in total. The number of hydrogen-bond donors (Lipinski definition) is 1. The van der Waals surface area contributed by atoms with Gasteiger partial charge in [0, 0.05) is 7.05 Å². The summed E-state index contributed by atoms with van der Waals surface area (Å²) in [6.45, 7) is 0.198. The Kier molecular flexibility index (Phi) is 8.49. The zero-order chi connectivity index (χ0) is 27.3. The zero-order valence-electron chi connectivity index (χ0n) is 24.0. The van der Waals surface area contributed by atoms with Gasteiger partial charge in [-0.3, -0.25) is 4.57 Å². The molecule has 1 N–H and O–H groups in total. The molecule has 3 heterocycles. The number of aromatic amines is 1. The minimum Gasteiger partial charge on any atom is -0.486 e. The van der Waals surface area contributed by atoms with Gasteiger partial charge in [-0.2, -0.15) is 4.52 Å². The van der Waals surface area contributed by atoms with Gasteiger partial charge in [0.2, 0.25) is 0 Å². The molecule has 3 aliphatic carbocycles. The Morgan fingerprint density at radius 3 is 2.05 bits per heavy atom. The largest absolute Gasteiger partial charge is 0.486 e. The monoisotopic (exact) mass is 544 g/mol. The fourth-order valence-corrected chi connectivity index (χ4v) is 7.28. The SMILES string of the molecule is C1CCC(C2CCCCC2)CC1.Cn1c(=O)n2nc(COc3ccc(C4CCCCC4)cc3)nc2c2[nH]cnc21. The fourth-order valence-electron chi connectivity index (χ4n) is 7.28. The summed E-state index contributed by atoms with van der Waals surface area (Å²) < 4.78 is 8.58. The van der Waals surface area contributed by atoms with E-state index in [4.69, 9.17) is 4.74 Å². The Bertz CT molecular complexity index is 1420. The molecule has 8 heteroatoms. The molecule has 4 aromatic rings. The van der Waals surface area contributed by atoms with Crippen LogP contribution >= 0.6 is 0 Å². The van der Waals surface area contributed by atoms with Crippen LogP contribution < -0.4 is 10.4 Å². The number of aryl methyl sites for hydroxylation is 1. The lowest BCUT2D eigenvalue weighted by Gasteiger charge is -2.32. The molecule has 3 saturated carbocycles. The lowest BCUT2D eigenvalue weighted by atomic mass is 9.73. The van der Waals surface area contributed by atoms with Crippen molar-refractivity contribution >= 4 is 16.8 Å². The van der Waals surface area contributed by atoms with Crippen LogP contribution in [0.15, 0.2) is 35.4 Å². The minimum atomic E-state index is -0.287. The first kappa shape index (κ1) is 27.0. The molecule has 0 radical (unpaired) electrons. The van der Waals surface area contributed by atoms with Crippen molar-refractivity contribution in [3.05, 3.63) is 52.5 Å². The second-order valence-electron chi connectivity index (χ2n) is 12.2. The third kappa shape index (κ3) is 5.96. The topological polar surface area (TPSA) is 90.1 Å². The average Bonchev–Trinajstić information content (AvgIpc) is 3.69. The van der Waals surface area contributed by atoms with E-state index in [-0.39, 0.29) is 12.3 Å². The maximum atomic E-state index is 12.4. The number of nitrogens with zero attached hydrogens (tertiary/aromatic N) is 5. The first-order chi connectivity index (χ1) is 19.7. The van der Waals surface area contributed by atoms with Gasteiger partial charge in [-0.1, -0.05) is 95.6 Å². The van der Waals surface area contributed by atoms with Gasteiger partial charge in [0.25, 0.3) is 0 Å². The Labute approximate surface area is 236 Å². The molecule has 0 aliphatic heterocycles. The van der Waals surface area contributed by atoms with Gasteiger partial charge >= 0.3 is 5.69 Å². The Morgan fingerprint density at radius 1 is 0.825 bits per heavy atom. The highest BCUT2D eigenvalue weighted by Crippen LogP contribution is 2.38. The smallest absolute Gasteiger partial charge is 0.352 e. The van der Waals surface area contributed by atoms with Crippen LogP contribution in [-0.4, -0.2) is 29.1 Å². The molecule has 1 aromatic carbocycles. The van der Waals surface area contributed by atoms with Crippen molar-refractivity contribution in [3.8, 4) is 5.75 Å². The second kappa shape index (κ2) is 12.6. The molecule has 0 amide bonds. The quantitative estimate of drug-likeness (QED) is 0.290. The van der Waals surface area contributed by atoms with Gasteiger partial charge in [0.15, 0.2) is 17.1 Å². The highest BCUT2D eigenvalue weighted by molar-refractivity contribution is 5.84. The third-order valence-corrected chi connectivity index (χ3v) is 9.57. The molecular weight excluding hydrogens is 500 g/mol. The molecule has 3 aromatic heterocycles. The van der Waals surface area contributed by atoms with Crippen molar-refractivity contribution < 1.29 is 4.74 Å². The average molecular weight is 545 g/mol. The predicted molar refractivity (Wildman–Crippen MR) is 158 cm³/mol. The van der Waals surface area contributed by atoms with E-state index in [1.54, 1.807) is 39.1 Å². The summed E-state index contributed by atoms with van der Waals surface area (Å²) in [4.78, 5) is 24.1. The van der Waals surface area contributed by atoms with Crippen LogP contribution in [0.5, 0.6) is 5.75 Å².